The summed E-state index contributed by atoms with van der Waals surface area (Å²) >= 11 is 11.9. The van der Waals surface area contributed by atoms with Gasteiger partial charge in [-0.05, 0) is 20.3 Å². The summed E-state index contributed by atoms with van der Waals surface area (Å²) < 4.78 is 1.84. The fourth-order valence-electron chi connectivity index (χ4n) is 1.17. The maximum atomic E-state index is 6.12. The Bertz CT molecular complexity index is 294. The van der Waals surface area contributed by atoms with Gasteiger partial charge < -0.3 is 0 Å². The van der Waals surface area contributed by atoms with Crippen molar-refractivity contribution in [3.8, 4) is 0 Å². The Morgan fingerprint density at radius 3 is 2.54 bits per heavy atom. The Morgan fingerprint density at radius 2 is 2.15 bits per heavy atom. The molecule has 0 radical (unpaired) electrons. The van der Waals surface area contributed by atoms with Gasteiger partial charge in [-0.25, -0.2) is 0 Å². The average Bonchev–Trinajstić information content (AvgIpc) is 2.40. The molecule has 0 amide bonds. The first-order valence-corrected chi connectivity index (χ1v) is 5.32. The molecule has 4 heteroatoms. The highest BCUT2D eigenvalue weighted by Gasteiger charge is 2.15. The van der Waals surface area contributed by atoms with Crippen LogP contribution in [0, 0.1) is 6.92 Å². The smallest absolute Gasteiger partial charge is 0.132 e. The number of hydrogen-bond donors (Lipinski definition) is 0. The topological polar surface area (TPSA) is 17.8 Å². The summed E-state index contributed by atoms with van der Waals surface area (Å²) in [7, 11) is 0. The highest BCUT2D eigenvalue weighted by molar-refractivity contribution is 6.31. The van der Waals surface area contributed by atoms with Gasteiger partial charge in [0.2, 0.25) is 0 Å². The summed E-state index contributed by atoms with van der Waals surface area (Å²) in [5.41, 5.74) is 1.88. The Kier molecular flexibility index (Phi) is 3.63. The Morgan fingerprint density at radius 1 is 1.54 bits per heavy atom. The van der Waals surface area contributed by atoms with Crippen LogP contribution in [-0.2, 0) is 5.88 Å². The Labute approximate surface area is 88.8 Å². The number of nitrogens with zero attached hydrogens (tertiary/aromatic N) is 2. The van der Waals surface area contributed by atoms with E-state index in [1.165, 1.54) is 0 Å². The van der Waals surface area contributed by atoms with Crippen LogP contribution in [0.4, 0.5) is 0 Å². The quantitative estimate of drug-likeness (QED) is 0.713. The lowest BCUT2D eigenvalue weighted by Gasteiger charge is -2.10. The number of rotatable bonds is 3. The van der Waals surface area contributed by atoms with E-state index in [1.54, 1.807) is 0 Å². The van der Waals surface area contributed by atoms with Crippen LogP contribution in [0.5, 0.6) is 0 Å². The second-order valence-electron chi connectivity index (χ2n) is 3.19. The van der Waals surface area contributed by atoms with E-state index < -0.39 is 0 Å². The zero-order valence-corrected chi connectivity index (χ0v) is 9.65. The average molecular weight is 221 g/mol. The third-order valence-electron chi connectivity index (χ3n) is 2.29. The lowest BCUT2D eigenvalue weighted by Crippen LogP contribution is -2.05. The van der Waals surface area contributed by atoms with Crippen molar-refractivity contribution in [3.05, 3.63) is 16.4 Å². The van der Waals surface area contributed by atoms with Crippen LogP contribution in [0.15, 0.2) is 0 Å². The van der Waals surface area contributed by atoms with Gasteiger partial charge in [0, 0.05) is 5.56 Å². The molecule has 0 aromatic carbocycles. The predicted molar refractivity (Wildman–Crippen MR) is 56.5 cm³/mol. The van der Waals surface area contributed by atoms with E-state index in [0.29, 0.717) is 17.1 Å². The summed E-state index contributed by atoms with van der Waals surface area (Å²) in [5, 5.41) is 5.03. The minimum atomic E-state index is 0.336. The van der Waals surface area contributed by atoms with E-state index in [2.05, 4.69) is 18.9 Å². The van der Waals surface area contributed by atoms with Crippen molar-refractivity contribution in [1.29, 1.82) is 0 Å². The van der Waals surface area contributed by atoms with E-state index in [0.717, 1.165) is 17.7 Å². The normalized spacial score (nSPS) is 13.3. The summed E-state index contributed by atoms with van der Waals surface area (Å²) in [6, 6.07) is 0.336. The maximum absolute atomic E-state index is 6.12. The summed E-state index contributed by atoms with van der Waals surface area (Å²) in [4.78, 5) is 0. The van der Waals surface area contributed by atoms with Gasteiger partial charge in [0.1, 0.15) is 5.15 Å². The summed E-state index contributed by atoms with van der Waals surface area (Å²) in [5.74, 6) is 0.432. The second-order valence-corrected chi connectivity index (χ2v) is 3.82. The fraction of sp³-hybridized carbons (Fsp3) is 0.667. The minimum absolute atomic E-state index is 0.336. The second kappa shape index (κ2) is 4.34. The van der Waals surface area contributed by atoms with Crippen LogP contribution in [0.3, 0.4) is 0 Å². The van der Waals surface area contributed by atoms with Crippen LogP contribution in [0.2, 0.25) is 5.15 Å². The molecule has 1 unspecified atom stereocenters. The van der Waals surface area contributed by atoms with Crippen LogP contribution >= 0.6 is 23.2 Å². The number of aromatic nitrogens is 2. The van der Waals surface area contributed by atoms with Crippen molar-refractivity contribution in [2.24, 2.45) is 0 Å². The minimum Gasteiger partial charge on any atom is -0.251 e. The molecule has 0 spiro atoms. The van der Waals surface area contributed by atoms with Crippen molar-refractivity contribution >= 4 is 23.2 Å². The molecule has 0 aliphatic carbocycles. The van der Waals surface area contributed by atoms with E-state index in [1.807, 2.05) is 11.6 Å². The number of halogens is 2. The molecule has 13 heavy (non-hydrogen) atoms. The molecule has 0 fully saturated rings. The van der Waals surface area contributed by atoms with Gasteiger partial charge in [0.15, 0.2) is 0 Å². The lowest BCUT2D eigenvalue weighted by atomic mass is 10.2. The molecule has 0 bridgehead atoms. The third kappa shape index (κ3) is 2.00. The van der Waals surface area contributed by atoms with Gasteiger partial charge >= 0.3 is 0 Å². The SMILES string of the molecule is CCC(C)n1nc(C)c(CCl)c1Cl. The molecule has 1 aromatic heterocycles. The molecule has 0 aliphatic heterocycles. The molecule has 0 aliphatic rings. The van der Waals surface area contributed by atoms with Crippen LogP contribution in [0.25, 0.3) is 0 Å². The molecule has 0 saturated heterocycles. The standard InChI is InChI=1S/C9H14Cl2N2/c1-4-6(2)13-9(11)8(5-10)7(3)12-13/h6H,4-5H2,1-3H3. The van der Waals surface area contributed by atoms with Gasteiger partial charge in [0.25, 0.3) is 0 Å². The molecule has 74 valence electrons. The van der Waals surface area contributed by atoms with Crippen molar-refractivity contribution in [3.63, 3.8) is 0 Å². The van der Waals surface area contributed by atoms with Crippen molar-refractivity contribution in [1.82, 2.24) is 9.78 Å². The molecular formula is C9H14Cl2N2. The van der Waals surface area contributed by atoms with Gasteiger partial charge in [-0.1, -0.05) is 18.5 Å². The molecule has 1 atom stereocenters. The van der Waals surface area contributed by atoms with Gasteiger partial charge in [-0.3, -0.25) is 4.68 Å². The number of alkyl halides is 1. The molecule has 1 aromatic rings. The van der Waals surface area contributed by atoms with Crippen molar-refractivity contribution in [2.75, 3.05) is 0 Å². The van der Waals surface area contributed by atoms with Crippen LogP contribution < -0.4 is 0 Å². The van der Waals surface area contributed by atoms with Crippen molar-refractivity contribution in [2.45, 2.75) is 39.1 Å². The van der Waals surface area contributed by atoms with E-state index in [9.17, 15) is 0 Å². The Hall–Kier alpha value is -0.210. The van der Waals surface area contributed by atoms with Gasteiger partial charge in [-0.2, -0.15) is 5.10 Å². The molecular weight excluding hydrogens is 207 g/mol. The summed E-state index contributed by atoms with van der Waals surface area (Å²) in [6.45, 7) is 6.14. The first kappa shape index (κ1) is 10.9. The van der Waals surface area contributed by atoms with Gasteiger partial charge in [0.05, 0.1) is 17.6 Å². The first-order valence-electron chi connectivity index (χ1n) is 4.41. The van der Waals surface area contributed by atoms with E-state index in [4.69, 9.17) is 23.2 Å². The summed E-state index contributed by atoms with van der Waals surface area (Å²) in [6.07, 6.45) is 1.02. The molecule has 0 N–H and O–H groups in total. The first-order chi connectivity index (χ1) is 6.11. The zero-order valence-electron chi connectivity index (χ0n) is 8.14. The highest BCUT2D eigenvalue weighted by Crippen LogP contribution is 2.25. The van der Waals surface area contributed by atoms with E-state index in [-0.39, 0.29) is 0 Å². The van der Waals surface area contributed by atoms with Crippen LogP contribution in [-0.4, -0.2) is 9.78 Å². The lowest BCUT2D eigenvalue weighted by molar-refractivity contribution is 0.476. The molecule has 2 nitrogen and oxygen atoms in total. The molecule has 1 rings (SSSR count). The zero-order chi connectivity index (χ0) is 10.0. The number of aryl methyl sites for hydroxylation is 1. The van der Waals surface area contributed by atoms with Crippen LogP contribution in [0.1, 0.15) is 37.6 Å². The predicted octanol–water partition coefficient (Wildman–Crippen LogP) is 3.55. The molecule has 1 heterocycles. The van der Waals surface area contributed by atoms with Gasteiger partial charge in [-0.15, -0.1) is 11.6 Å². The fourth-order valence-corrected chi connectivity index (χ4v) is 1.97. The van der Waals surface area contributed by atoms with E-state index >= 15 is 0 Å². The maximum Gasteiger partial charge on any atom is 0.132 e. The largest absolute Gasteiger partial charge is 0.251 e. The Balaban J connectivity index is 3.10. The monoisotopic (exact) mass is 220 g/mol. The number of hydrogen-bond acceptors (Lipinski definition) is 1. The van der Waals surface area contributed by atoms with Crippen molar-refractivity contribution < 1.29 is 0 Å². The third-order valence-corrected chi connectivity index (χ3v) is 2.96. The highest BCUT2D eigenvalue weighted by atomic mass is 35.5. The molecule has 0 saturated carbocycles.